The number of likely N-dealkylation sites (tertiary alicyclic amines) is 1. The Kier molecular flexibility index (Phi) is 6.53. The molecule has 1 aromatic rings. The molecule has 0 spiro atoms. The fourth-order valence-corrected chi connectivity index (χ4v) is 3.29. The van der Waals surface area contributed by atoms with Crippen LogP contribution in [-0.4, -0.2) is 37.0 Å². The molecule has 4 heteroatoms. The first-order valence-electron chi connectivity index (χ1n) is 9.66. The Hall–Kier alpha value is -1.55. The molecule has 1 saturated carbocycles. The molecule has 0 atom stereocenters. The van der Waals surface area contributed by atoms with Gasteiger partial charge in [-0.1, -0.05) is 30.7 Å². The van der Waals surface area contributed by atoms with Crippen LogP contribution < -0.4 is 10.6 Å². The van der Waals surface area contributed by atoms with Gasteiger partial charge in [-0.05, 0) is 62.7 Å². The topological polar surface area (TPSA) is 39.7 Å². The molecule has 1 heterocycles. The molecule has 1 aliphatic carbocycles. The maximum absolute atomic E-state index is 4.81. The smallest absolute Gasteiger partial charge is 0.191 e. The van der Waals surface area contributed by atoms with Gasteiger partial charge in [0.15, 0.2) is 5.96 Å². The molecular weight excluding hydrogens is 296 g/mol. The highest BCUT2D eigenvalue weighted by Gasteiger charge is 2.21. The van der Waals surface area contributed by atoms with Gasteiger partial charge < -0.3 is 10.6 Å². The quantitative estimate of drug-likeness (QED) is 0.597. The molecule has 0 radical (unpaired) electrons. The molecule has 1 saturated heterocycles. The van der Waals surface area contributed by atoms with Crippen molar-refractivity contribution in [2.24, 2.45) is 10.9 Å². The average molecular weight is 329 g/mol. The molecule has 0 amide bonds. The van der Waals surface area contributed by atoms with Crippen molar-refractivity contribution in [1.29, 1.82) is 0 Å². The summed E-state index contributed by atoms with van der Waals surface area (Å²) >= 11 is 0. The standard InChI is InChI=1S/C20H32N4/c1-2-21-20(22-14-17-10-11-17)23-15-18-8-4-5-9-19(18)16-24-12-6-3-7-13-24/h4-5,8-9,17H,2-3,6-7,10-16H2,1H3,(H2,21,22,23). The Morgan fingerprint density at radius 2 is 1.83 bits per heavy atom. The van der Waals surface area contributed by atoms with Crippen LogP contribution in [0.3, 0.4) is 0 Å². The van der Waals surface area contributed by atoms with E-state index >= 15 is 0 Å². The van der Waals surface area contributed by atoms with Crippen LogP contribution in [-0.2, 0) is 13.1 Å². The Bertz CT molecular complexity index is 530. The minimum atomic E-state index is 0.754. The molecule has 0 unspecified atom stereocenters. The summed E-state index contributed by atoms with van der Waals surface area (Å²) in [7, 11) is 0. The Balaban J connectivity index is 1.60. The van der Waals surface area contributed by atoms with Gasteiger partial charge in [0.05, 0.1) is 6.54 Å². The third-order valence-corrected chi connectivity index (χ3v) is 4.97. The number of hydrogen-bond donors (Lipinski definition) is 2. The fraction of sp³-hybridized carbons (Fsp3) is 0.650. The Morgan fingerprint density at radius 1 is 1.08 bits per heavy atom. The Labute approximate surface area is 146 Å². The first-order chi connectivity index (χ1) is 11.8. The van der Waals surface area contributed by atoms with Crippen molar-refractivity contribution in [3.05, 3.63) is 35.4 Å². The number of aliphatic imine (C=N–C) groups is 1. The number of guanidine groups is 1. The summed E-state index contributed by atoms with van der Waals surface area (Å²) in [6.07, 6.45) is 6.81. The lowest BCUT2D eigenvalue weighted by Crippen LogP contribution is -2.38. The van der Waals surface area contributed by atoms with E-state index in [0.717, 1.165) is 38.1 Å². The summed E-state index contributed by atoms with van der Waals surface area (Å²) in [5.41, 5.74) is 2.79. The van der Waals surface area contributed by atoms with E-state index in [0.29, 0.717) is 0 Å². The van der Waals surface area contributed by atoms with Crippen molar-refractivity contribution in [1.82, 2.24) is 15.5 Å². The number of hydrogen-bond acceptors (Lipinski definition) is 2. The van der Waals surface area contributed by atoms with Gasteiger partial charge in [0.1, 0.15) is 0 Å². The molecule has 24 heavy (non-hydrogen) atoms. The van der Waals surface area contributed by atoms with E-state index in [1.807, 2.05) is 0 Å². The first-order valence-corrected chi connectivity index (χ1v) is 9.66. The summed E-state index contributed by atoms with van der Waals surface area (Å²) in [6, 6.07) is 8.79. The molecule has 2 N–H and O–H groups in total. The summed E-state index contributed by atoms with van der Waals surface area (Å²) in [5.74, 6) is 1.82. The zero-order valence-electron chi connectivity index (χ0n) is 15.1. The molecule has 1 aromatic carbocycles. The molecular formula is C20H32N4. The monoisotopic (exact) mass is 328 g/mol. The van der Waals surface area contributed by atoms with Gasteiger partial charge in [0.25, 0.3) is 0 Å². The molecule has 0 aromatic heterocycles. The highest BCUT2D eigenvalue weighted by Crippen LogP contribution is 2.27. The lowest BCUT2D eigenvalue weighted by molar-refractivity contribution is 0.220. The molecule has 2 fully saturated rings. The van der Waals surface area contributed by atoms with E-state index in [4.69, 9.17) is 4.99 Å². The average Bonchev–Trinajstić information content (AvgIpc) is 3.44. The highest BCUT2D eigenvalue weighted by molar-refractivity contribution is 5.79. The van der Waals surface area contributed by atoms with Crippen LogP contribution in [0.15, 0.2) is 29.3 Å². The third-order valence-electron chi connectivity index (χ3n) is 4.97. The van der Waals surface area contributed by atoms with Crippen LogP contribution in [0.25, 0.3) is 0 Å². The minimum Gasteiger partial charge on any atom is -0.357 e. The van der Waals surface area contributed by atoms with Gasteiger partial charge in [-0.3, -0.25) is 4.90 Å². The van der Waals surface area contributed by atoms with Crippen LogP contribution >= 0.6 is 0 Å². The molecule has 0 bridgehead atoms. The van der Waals surface area contributed by atoms with Crippen molar-refractivity contribution in [3.8, 4) is 0 Å². The van der Waals surface area contributed by atoms with Crippen molar-refractivity contribution in [2.45, 2.75) is 52.1 Å². The van der Waals surface area contributed by atoms with Gasteiger partial charge >= 0.3 is 0 Å². The summed E-state index contributed by atoms with van der Waals surface area (Å²) in [5, 5.41) is 6.85. The molecule has 4 nitrogen and oxygen atoms in total. The number of rotatable bonds is 7. The zero-order valence-corrected chi connectivity index (χ0v) is 15.1. The Morgan fingerprint density at radius 3 is 2.54 bits per heavy atom. The van der Waals surface area contributed by atoms with Crippen molar-refractivity contribution in [2.75, 3.05) is 26.2 Å². The third kappa shape index (κ3) is 5.52. The first kappa shape index (κ1) is 17.3. The van der Waals surface area contributed by atoms with E-state index < -0.39 is 0 Å². The fourth-order valence-electron chi connectivity index (χ4n) is 3.29. The lowest BCUT2D eigenvalue weighted by Gasteiger charge is -2.27. The van der Waals surface area contributed by atoms with E-state index in [1.54, 1.807) is 0 Å². The molecule has 1 aliphatic heterocycles. The van der Waals surface area contributed by atoms with Crippen molar-refractivity contribution in [3.63, 3.8) is 0 Å². The normalized spacial score (nSPS) is 19.3. The molecule has 2 aliphatic rings. The summed E-state index contributed by atoms with van der Waals surface area (Å²) < 4.78 is 0. The van der Waals surface area contributed by atoms with Gasteiger partial charge in [0.2, 0.25) is 0 Å². The molecule has 132 valence electrons. The van der Waals surface area contributed by atoms with Crippen LogP contribution in [0.5, 0.6) is 0 Å². The second kappa shape index (κ2) is 9.07. The van der Waals surface area contributed by atoms with Crippen molar-refractivity contribution < 1.29 is 0 Å². The van der Waals surface area contributed by atoms with Gasteiger partial charge in [-0.15, -0.1) is 0 Å². The van der Waals surface area contributed by atoms with Gasteiger partial charge in [-0.25, -0.2) is 4.99 Å². The largest absolute Gasteiger partial charge is 0.357 e. The van der Waals surface area contributed by atoms with Crippen LogP contribution in [0.1, 0.15) is 50.2 Å². The number of piperidine rings is 1. The maximum Gasteiger partial charge on any atom is 0.191 e. The van der Waals surface area contributed by atoms with Crippen LogP contribution in [0, 0.1) is 5.92 Å². The van der Waals surface area contributed by atoms with E-state index in [1.165, 1.54) is 56.3 Å². The summed E-state index contributed by atoms with van der Waals surface area (Å²) in [4.78, 5) is 7.40. The lowest BCUT2D eigenvalue weighted by atomic mass is 10.1. The number of nitrogens with zero attached hydrogens (tertiary/aromatic N) is 2. The van der Waals surface area contributed by atoms with E-state index in [2.05, 4.69) is 46.7 Å². The van der Waals surface area contributed by atoms with Gasteiger partial charge in [-0.2, -0.15) is 0 Å². The number of benzene rings is 1. The summed E-state index contributed by atoms with van der Waals surface area (Å²) in [6.45, 7) is 8.39. The minimum absolute atomic E-state index is 0.754. The van der Waals surface area contributed by atoms with E-state index in [9.17, 15) is 0 Å². The maximum atomic E-state index is 4.81. The molecule has 3 rings (SSSR count). The highest BCUT2D eigenvalue weighted by atomic mass is 15.2. The van der Waals surface area contributed by atoms with Crippen LogP contribution in [0.2, 0.25) is 0 Å². The van der Waals surface area contributed by atoms with E-state index in [-0.39, 0.29) is 0 Å². The SMILES string of the molecule is CCNC(=NCc1ccccc1CN1CCCCC1)NCC1CC1. The second-order valence-electron chi connectivity index (χ2n) is 7.12. The predicted molar refractivity (Wildman–Crippen MR) is 101 cm³/mol. The predicted octanol–water partition coefficient (Wildman–Crippen LogP) is 3.14. The van der Waals surface area contributed by atoms with Crippen LogP contribution in [0.4, 0.5) is 0 Å². The zero-order chi connectivity index (χ0) is 16.6. The van der Waals surface area contributed by atoms with Crippen molar-refractivity contribution >= 4 is 5.96 Å². The number of nitrogens with one attached hydrogen (secondary N) is 2. The second-order valence-corrected chi connectivity index (χ2v) is 7.12. The van der Waals surface area contributed by atoms with Gasteiger partial charge in [0, 0.05) is 19.6 Å².